The summed E-state index contributed by atoms with van der Waals surface area (Å²) in [7, 11) is 0. The summed E-state index contributed by atoms with van der Waals surface area (Å²) in [6.07, 6.45) is 2.28. The van der Waals surface area contributed by atoms with Crippen LogP contribution >= 0.6 is 0 Å². The number of rotatable bonds is 4. The Morgan fingerprint density at radius 3 is 2.59 bits per heavy atom. The number of aromatic nitrogens is 1. The quantitative estimate of drug-likeness (QED) is 0.506. The standard InChI is InChI=1S/C28H30FN3O5/c1-17-7-5-8-18-12-13-30-24(23(17)18)32(25(33)21-11-10-19(26(34)35)15-22(21)29)20-9-6-14-31(16-20)27(36)37-28(2,3)4/h5,7-8,10-13,15,20H,6,9,14,16H2,1-4H3,(H,34,35)/t20-/m1/s1. The number of aryl methyl sites for hydroxylation is 1. The van der Waals surface area contributed by atoms with Gasteiger partial charge in [-0.05, 0) is 75.8 Å². The number of fused-ring (bicyclic) bond motifs is 1. The first-order valence-corrected chi connectivity index (χ1v) is 12.1. The molecule has 1 N–H and O–H groups in total. The van der Waals surface area contributed by atoms with E-state index in [2.05, 4.69) is 4.98 Å². The van der Waals surface area contributed by atoms with Crippen molar-refractivity contribution in [1.82, 2.24) is 9.88 Å². The van der Waals surface area contributed by atoms with E-state index in [1.165, 1.54) is 17.0 Å². The number of nitrogens with zero attached hydrogens (tertiary/aromatic N) is 3. The number of hydrogen-bond donors (Lipinski definition) is 1. The molecule has 4 rings (SSSR count). The topological polar surface area (TPSA) is 100 Å². The fourth-order valence-electron chi connectivity index (χ4n) is 4.61. The van der Waals surface area contributed by atoms with E-state index in [-0.39, 0.29) is 17.7 Å². The first-order chi connectivity index (χ1) is 17.5. The number of hydrogen-bond acceptors (Lipinski definition) is 5. The molecule has 2 amide bonds. The van der Waals surface area contributed by atoms with E-state index in [9.17, 15) is 19.5 Å². The van der Waals surface area contributed by atoms with E-state index in [0.29, 0.717) is 25.2 Å². The molecule has 3 aromatic rings. The lowest BCUT2D eigenvalue weighted by Gasteiger charge is -2.39. The number of carbonyl (C=O) groups excluding carboxylic acids is 2. The Hall–Kier alpha value is -4.01. The molecule has 1 atom stereocenters. The maximum Gasteiger partial charge on any atom is 0.410 e. The van der Waals surface area contributed by atoms with Crippen LogP contribution in [0.15, 0.2) is 48.7 Å². The Morgan fingerprint density at radius 1 is 1.16 bits per heavy atom. The molecule has 37 heavy (non-hydrogen) atoms. The number of pyridine rings is 1. The largest absolute Gasteiger partial charge is 0.478 e. The minimum Gasteiger partial charge on any atom is -0.478 e. The van der Waals surface area contributed by atoms with Crippen molar-refractivity contribution >= 4 is 34.6 Å². The maximum absolute atomic E-state index is 15.1. The number of halogens is 1. The van der Waals surface area contributed by atoms with Gasteiger partial charge in [0.05, 0.1) is 17.2 Å². The lowest BCUT2D eigenvalue weighted by Crippen LogP contribution is -2.53. The zero-order valence-corrected chi connectivity index (χ0v) is 21.3. The van der Waals surface area contributed by atoms with E-state index < -0.39 is 35.4 Å². The Kier molecular flexibility index (Phi) is 7.16. The van der Waals surface area contributed by atoms with Gasteiger partial charge in [-0.1, -0.05) is 18.2 Å². The number of likely N-dealkylation sites (tertiary alicyclic amines) is 1. The number of carboxylic acid groups (broad SMARTS) is 1. The van der Waals surface area contributed by atoms with Gasteiger partial charge >= 0.3 is 12.1 Å². The average molecular weight is 508 g/mol. The van der Waals surface area contributed by atoms with Crippen LogP contribution in [0, 0.1) is 12.7 Å². The number of benzene rings is 2. The summed E-state index contributed by atoms with van der Waals surface area (Å²) in [6, 6.07) is 10.3. The Labute approximate surface area is 214 Å². The van der Waals surface area contributed by atoms with E-state index in [1.807, 2.05) is 31.2 Å². The van der Waals surface area contributed by atoms with Gasteiger partial charge in [-0.25, -0.2) is 19.0 Å². The van der Waals surface area contributed by atoms with Crippen molar-refractivity contribution in [2.24, 2.45) is 0 Å². The van der Waals surface area contributed by atoms with Gasteiger partial charge in [-0.3, -0.25) is 9.69 Å². The van der Waals surface area contributed by atoms with Crippen molar-refractivity contribution < 1.29 is 28.6 Å². The van der Waals surface area contributed by atoms with Crippen molar-refractivity contribution in [3.05, 3.63) is 71.2 Å². The molecule has 0 aliphatic carbocycles. The minimum absolute atomic E-state index is 0.180. The average Bonchev–Trinajstić information content (AvgIpc) is 2.83. The first kappa shape index (κ1) is 26.1. The third-order valence-corrected chi connectivity index (χ3v) is 6.29. The van der Waals surface area contributed by atoms with Crippen LogP contribution in [0.1, 0.15) is 59.9 Å². The van der Waals surface area contributed by atoms with Crippen molar-refractivity contribution in [3.8, 4) is 0 Å². The van der Waals surface area contributed by atoms with Crippen molar-refractivity contribution in [2.75, 3.05) is 18.0 Å². The van der Waals surface area contributed by atoms with Crippen molar-refractivity contribution in [2.45, 2.75) is 52.2 Å². The lowest BCUT2D eigenvalue weighted by molar-refractivity contribution is 0.0195. The summed E-state index contributed by atoms with van der Waals surface area (Å²) >= 11 is 0. The number of aromatic carboxylic acids is 1. The highest BCUT2D eigenvalue weighted by Crippen LogP contribution is 2.33. The molecule has 0 bridgehead atoms. The third kappa shape index (κ3) is 5.55. The van der Waals surface area contributed by atoms with Crippen LogP contribution in [0.2, 0.25) is 0 Å². The first-order valence-electron chi connectivity index (χ1n) is 12.1. The molecule has 0 unspecified atom stereocenters. The lowest BCUT2D eigenvalue weighted by atomic mass is 10.00. The third-order valence-electron chi connectivity index (χ3n) is 6.29. The fourth-order valence-corrected chi connectivity index (χ4v) is 4.61. The summed E-state index contributed by atoms with van der Waals surface area (Å²) in [5.41, 5.74) is -0.316. The van der Waals surface area contributed by atoms with Crippen molar-refractivity contribution in [1.29, 1.82) is 0 Å². The van der Waals surface area contributed by atoms with Crippen LogP contribution in [0.3, 0.4) is 0 Å². The molecule has 9 heteroatoms. The molecule has 1 aliphatic heterocycles. The Morgan fingerprint density at radius 2 is 1.92 bits per heavy atom. The Balaban J connectivity index is 1.81. The second kappa shape index (κ2) is 10.2. The van der Waals surface area contributed by atoms with E-state index in [0.717, 1.165) is 22.4 Å². The van der Waals surface area contributed by atoms with E-state index in [1.54, 1.807) is 31.9 Å². The number of amides is 2. The van der Waals surface area contributed by atoms with Crippen molar-refractivity contribution in [3.63, 3.8) is 0 Å². The fraction of sp³-hybridized carbons (Fsp3) is 0.357. The van der Waals surface area contributed by atoms with Gasteiger partial charge in [0.15, 0.2) is 0 Å². The highest BCUT2D eigenvalue weighted by molar-refractivity contribution is 6.11. The summed E-state index contributed by atoms with van der Waals surface area (Å²) in [5.74, 6) is -2.53. The molecular weight excluding hydrogens is 477 g/mol. The predicted molar refractivity (Wildman–Crippen MR) is 137 cm³/mol. The summed E-state index contributed by atoms with van der Waals surface area (Å²) in [4.78, 5) is 45.7. The number of anilines is 1. The molecule has 8 nitrogen and oxygen atoms in total. The van der Waals surface area contributed by atoms with Crippen LogP contribution in [0.5, 0.6) is 0 Å². The van der Waals surface area contributed by atoms with Gasteiger partial charge in [0.25, 0.3) is 5.91 Å². The number of carbonyl (C=O) groups is 3. The molecule has 2 heterocycles. The Bertz CT molecular complexity index is 1360. The number of ether oxygens (including phenoxy) is 1. The summed E-state index contributed by atoms with van der Waals surface area (Å²) in [6.45, 7) is 7.92. The predicted octanol–water partition coefficient (Wildman–Crippen LogP) is 5.43. The van der Waals surface area contributed by atoms with Gasteiger partial charge < -0.3 is 14.7 Å². The normalized spacial score (nSPS) is 15.9. The highest BCUT2D eigenvalue weighted by Gasteiger charge is 2.36. The molecular formula is C28H30FN3O5. The van der Waals surface area contributed by atoms with E-state index in [4.69, 9.17) is 4.74 Å². The minimum atomic E-state index is -1.29. The number of piperidine rings is 1. The SMILES string of the molecule is Cc1cccc2ccnc(N(C(=O)c3ccc(C(=O)O)cc3F)[C@@H]3CCCN(C(=O)OC(C)(C)C)C3)c12. The van der Waals surface area contributed by atoms with Crippen LogP contribution in [-0.4, -0.2) is 57.7 Å². The molecule has 1 aromatic heterocycles. The van der Waals surface area contributed by atoms with E-state index >= 15 is 4.39 Å². The van der Waals surface area contributed by atoms with Gasteiger partial charge in [0, 0.05) is 24.7 Å². The molecule has 194 valence electrons. The molecule has 1 aliphatic rings. The summed E-state index contributed by atoms with van der Waals surface area (Å²) in [5, 5.41) is 10.8. The van der Waals surface area contributed by atoms with Gasteiger partial charge in [0.1, 0.15) is 17.2 Å². The smallest absolute Gasteiger partial charge is 0.410 e. The molecule has 1 fully saturated rings. The molecule has 1 saturated heterocycles. The van der Waals surface area contributed by atoms with Gasteiger partial charge in [0.2, 0.25) is 0 Å². The second-order valence-corrected chi connectivity index (χ2v) is 10.2. The van der Waals surface area contributed by atoms with Crippen LogP contribution in [0.4, 0.5) is 15.0 Å². The molecule has 0 spiro atoms. The second-order valence-electron chi connectivity index (χ2n) is 10.2. The van der Waals surface area contributed by atoms with Gasteiger partial charge in [-0.15, -0.1) is 0 Å². The highest BCUT2D eigenvalue weighted by atomic mass is 19.1. The monoisotopic (exact) mass is 507 g/mol. The van der Waals surface area contributed by atoms with Gasteiger partial charge in [-0.2, -0.15) is 0 Å². The van der Waals surface area contributed by atoms with Crippen LogP contribution in [0.25, 0.3) is 10.8 Å². The summed E-state index contributed by atoms with van der Waals surface area (Å²) < 4.78 is 20.6. The number of carboxylic acids is 1. The van der Waals surface area contributed by atoms with Crippen LogP contribution in [-0.2, 0) is 4.74 Å². The molecule has 0 radical (unpaired) electrons. The maximum atomic E-state index is 15.1. The zero-order valence-electron chi connectivity index (χ0n) is 21.3. The molecule has 2 aromatic carbocycles. The molecule has 0 saturated carbocycles. The van der Waals surface area contributed by atoms with Crippen LogP contribution < -0.4 is 4.90 Å². The zero-order chi connectivity index (χ0) is 26.9.